The minimum atomic E-state index is -0.128. The number of aliphatic hydroxyl groups is 1. The molecule has 32 heavy (non-hydrogen) atoms. The van der Waals surface area contributed by atoms with Crippen LogP contribution in [-0.2, 0) is 4.74 Å². The Labute approximate surface area is 198 Å². The molecule has 0 radical (unpaired) electrons. The molecule has 0 aromatic carbocycles. The van der Waals surface area contributed by atoms with Crippen LogP contribution in [0.1, 0.15) is 113 Å². The molecule has 1 heterocycles. The van der Waals surface area contributed by atoms with E-state index >= 15 is 0 Å². The maximum atomic E-state index is 10.9. The zero-order valence-electron chi connectivity index (χ0n) is 22.1. The average Bonchev–Trinajstić information content (AvgIpc) is 3.15. The number of rotatable bonds is 4. The van der Waals surface area contributed by atoms with Crippen LogP contribution in [0.15, 0.2) is 12.2 Å². The van der Waals surface area contributed by atoms with Crippen molar-refractivity contribution >= 4 is 0 Å². The predicted molar refractivity (Wildman–Crippen MR) is 132 cm³/mol. The summed E-state index contributed by atoms with van der Waals surface area (Å²) in [7, 11) is 0. The van der Waals surface area contributed by atoms with Crippen molar-refractivity contribution in [1.29, 1.82) is 0 Å². The van der Waals surface area contributed by atoms with Gasteiger partial charge in [0.15, 0.2) is 0 Å². The Morgan fingerprint density at radius 3 is 2.16 bits per heavy atom. The Kier molecular flexibility index (Phi) is 5.19. The molecule has 0 amide bonds. The lowest BCUT2D eigenvalue weighted by molar-refractivity contribution is -0.220. The van der Waals surface area contributed by atoms with Gasteiger partial charge in [-0.2, -0.15) is 0 Å². The van der Waals surface area contributed by atoms with Crippen molar-refractivity contribution in [2.24, 2.45) is 45.3 Å². The van der Waals surface area contributed by atoms with Crippen LogP contribution in [0.4, 0.5) is 0 Å². The van der Waals surface area contributed by atoms with Gasteiger partial charge in [-0.1, -0.05) is 46.8 Å². The molecule has 1 aliphatic heterocycles. The molecule has 0 aromatic rings. The van der Waals surface area contributed by atoms with Crippen LogP contribution in [-0.4, -0.2) is 22.9 Å². The molecule has 5 fully saturated rings. The Hall–Kier alpha value is -0.340. The molecule has 5 rings (SSSR count). The molecule has 5 aliphatic rings. The maximum Gasteiger partial charge on any atom is 0.0892 e. The first-order valence-corrected chi connectivity index (χ1v) is 13.8. The van der Waals surface area contributed by atoms with Gasteiger partial charge in [-0.3, -0.25) is 0 Å². The van der Waals surface area contributed by atoms with E-state index in [1.54, 1.807) is 0 Å². The third-order valence-electron chi connectivity index (χ3n) is 12.8. The van der Waals surface area contributed by atoms with Gasteiger partial charge in [0.25, 0.3) is 0 Å². The summed E-state index contributed by atoms with van der Waals surface area (Å²) in [6.45, 7) is 21.8. The van der Waals surface area contributed by atoms with E-state index in [-0.39, 0.29) is 17.1 Å². The van der Waals surface area contributed by atoms with Crippen LogP contribution in [0.2, 0.25) is 0 Å². The lowest BCUT2D eigenvalue weighted by Crippen LogP contribution is -2.63. The first-order chi connectivity index (χ1) is 14.8. The molecule has 1 saturated heterocycles. The predicted octanol–water partition coefficient (Wildman–Crippen LogP) is 7.55. The van der Waals surface area contributed by atoms with Crippen LogP contribution < -0.4 is 0 Å². The molecule has 4 saturated carbocycles. The first kappa shape index (κ1) is 23.4. The highest BCUT2D eigenvalue weighted by Crippen LogP contribution is 2.75. The van der Waals surface area contributed by atoms with Gasteiger partial charge in [0.2, 0.25) is 0 Å². The molecule has 182 valence electrons. The van der Waals surface area contributed by atoms with Crippen molar-refractivity contribution in [3.05, 3.63) is 12.2 Å². The van der Waals surface area contributed by atoms with Crippen LogP contribution >= 0.6 is 0 Å². The van der Waals surface area contributed by atoms with E-state index in [4.69, 9.17) is 4.74 Å². The van der Waals surface area contributed by atoms with Gasteiger partial charge in [0, 0.05) is 0 Å². The fourth-order valence-electron chi connectivity index (χ4n) is 10.5. The Bertz CT molecular complexity index is 782. The Morgan fingerprint density at radius 2 is 1.50 bits per heavy atom. The smallest absolute Gasteiger partial charge is 0.0892 e. The van der Waals surface area contributed by atoms with Gasteiger partial charge >= 0.3 is 0 Å². The molecule has 2 nitrogen and oxygen atoms in total. The number of ether oxygens (including phenoxy) is 1. The van der Waals surface area contributed by atoms with Gasteiger partial charge in [-0.15, -0.1) is 0 Å². The second-order valence-electron chi connectivity index (χ2n) is 14.6. The highest BCUT2D eigenvalue weighted by molar-refractivity contribution is 5.20. The van der Waals surface area contributed by atoms with Gasteiger partial charge < -0.3 is 9.84 Å². The molecule has 2 heteroatoms. The van der Waals surface area contributed by atoms with Crippen molar-refractivity contribution in [2.45, 2.75) is 130 Å². The third-order valence-corrected chi connectivity index (χ3v) is 12.8. The monoisotopic (exact) mass is 442 g/mol. The van der Waals surface area contributed by atoms with E-state index in [1.807, 2.05) is 0 Å². The molecule has 9 unspecified atom stereocenters. The van der Waals surface area contributed by atoms with E-state index in [0.29, 0.717) is 28.3 Å². The summed E-state index contributed by atoms with van der Waals surface area (Å²) in [5.74, 6) is 2.99. The summed E-state index contributed by atoms with van der Waals surface area (Å²) in [6.07, 6.45) is 13.0. The van der Waals surface area contributed by atoms with Crippen LogP contribution in [0.5, 0.6) is 0 Å². The summed E-state index contributed by atoms with van der Waals surface area (Å²) in [5.41, 5.74) is 2.92. The summed E-state index contributed by atoms with van der Waals surface area (Å²) < 4.78 is 5.86. The molecular weight excluding hydrogens is 392 g/mol. The third kappa shape index (κ3) is 3.03. The van der Waals surface area contributed by atoms with Crippen molar-refractivity contribution < 1.29 is 9.84 Å². The van der Waals surface area contributed by atoms with Crippen LogP contribution in [0, 0.1) is 45.3 Å². The topological polar surface area (TPSA) is 32.8 Å². The fourth-order valence-corrected chi connectivity index (χ4v) is 10.5. The van der Waals surface area contributed by atoms with Crippen molar-refractivity contribution in [2.75, 3.05) is 0 Å². The second kappa shape index (κ2) is 7.09. The van der Waals surface area contributed by atoms with Crippen molar-refractivity contribution in [3.8, 4) is 0 Å². The molecule has 4 aliphatic carbocycles. The van der Waals surface area contributed by atoms with Gasteiger partial charge in [-0.25, -0.2) is 0 Å². The van der Waals surface area contributed by atoms with Crippen LogP contribution in [0.3, 0.4) is 0 Å². The number of allylic oxidation sites excluding steroid dienone is 1. The normalized spacial score (nSPS) is 53.1. The van der Waals surface area contributed by atoms with E-state index in [2.05, 4.69) is 55.0 Å². The summed E-state index contributed by atoms with van der Waals surface area (Å²) in [5, 5.41) is 10.9. The highest BCUT2D eigenvalue weighted by Gasteiger charge is 2.68. The quantitative estimate of drug-likeness (QED) is 0.360. The SMILES string of the molecule is C=C(CCC1OC1(C)C)C1CCC2(C)C1CCC1C3(C)CCC(O)C(C)(C)C3CCC12C. The highest BCUT2D eigenvalue weighted by atomic mass is 16.6. The molecule has 9 atom stereocenters. The van der Waals surface area contributed by atoms with Gasteiger partial charge in [-0.05, 0) is 123 Å². The zero-order chi connectivity index (χ0) is 23.3. The van der Waals surface area contributed by atoms with E-state index in [9.17, 15) is 5.11 Å². The molecular formula is C30H50O2. The number of hydrogen-bond donors (Lipinski definition) is 1. The van der Waals surface area contributed by atoms with Crippen molar-refractivity contribution in [1.82, 2.24) is 0 Å². The lowest BCUT2D eigenvalue weighted by atomic mass is 9.35. The zero-order valence-corrected chi connectivity index (χ0v) is 22.1. The summed E-state index contributed by atoms with van der Waals surface area (Å²) >= 11 is 0. The lowest BCUT2D eigenvalue weighted by Gasteiger charge is -2.69. The molecule has 1 N–H and O–H groups in total. The maximum absolute atomic E-state index is 10.9. The van der Waals surface area contributed by atoms with Gasteiger partial charge in [0.1, 0.15) is 0 Å². The number of epoxide rings is 1. The molecule has 0 spiro atoms. The van der Waals surface area contributed by atoms with Crippen LogP contribution in [0.25, 0.3) is 0 Å². The summed E-state index contributed by atoms with van der Waals surface area (Å²) in [4.78, 5) is 0. The minimum absolute atomic E-state index is 0.0528. The Balaban J connectivity index is 1.36. The first-order valence-electron chi connectivity index (χ1n) is 13.8. The average molecular weight is 443 g/mol. The van der Waals surface area contributed by atoms with E-state index < -0.39 is 0 Å². The summed E-state index contributed by atoms with van der Waals surface area (Å²) in [6, 6.07) is 0. The standard InChI is InChI=1S/C30H50O2/c1-19(9-12-25-27(4,5)32-25)20-13-17-29(7)21(20)10-11-23-28(6)16-15-24(31)26(2,3)22(28)14-18-30(23,29)8/h20-25,31H,1,9-18H2,2-8H3. The molecule has 0 bridgehead atoms. The molecule has 0 aromatic heterocycles. The van der Waals surface area contributed by atoms with E-state index in [0.717, 1.165) is 37.0 Å². The number of hydrogen-bond acceptors (Lipinski definition) is 2. The van der Waals surface area contributed by atoms with Crippen molar-refractivity contribution in [3.63, 3.8) is 0 Å². The number of fused-ring (bicyclic) bond motifs is 5. The van der Waals surface area contributed by atoms with E-state index in [1.165, 1.54) is 50.5 Å². The van der Waals surface area contributed by atoms with Gasteiger partial charge in [0.05, 0.1) is 17.8 Å². The fraction of sp³-hybridized carbons (Fsp3) is 0.933. The second-order valence-corrected chi connectivity index (χ2v) is 14.6. The Morgan fingerprint density at radius 1 is 0.844 bits per heavy atom. The largest absolute Gasteiger partial charge is 0.393 e. The number of aliphatic hydroxyl groups excluding tert-OH is 1. The minimum Gasteiger partial charge on any atom is -0.393 e.